The maximum absolute atomic E-state index is 11.9. The Balaban J connectivity index is 1.75. The van der Waals surface area contributed by atoms with Crippen molar-refractivity contribution in [3.05, 3.63) is 0 Å². The molecular weight excluding hydrogens is 188 g/mol. The lowest BCUT2D eigenvalue weighted by molar-refractivity contribution is -0.133. The molecule has 0 radical (unpaired) electrons. The van der Waals surface area contributed by atoms with Crippen molar-refractivity contribution in [2.75, 3.05) is 32.7 Å². The van der Waals surface area contributed by atoms with Gasteiger partial charge in [-0.25, -0.2) is 0 Å². The van der Waals surface area contributed by atoms with Crippen molar-refractivity contribution in [2.45, 2.75) is 32.6 Å². The van der Waals surface area contributed by atoms with Gasteiger partial charge >= 0.3 is 0 Å². The van der Waals surface area contributed by atoms with E-state index in [4.69, 9.17) is 0 Å². The molecule has 0 atom stereocenters. The van der Waals surface area contributed by atoms with Crippen LogP contribution in [0.3, 0.4) is 0 Å². The zero-order valence-corrected chi connectivity index (χ0v) is 9.74. The van der Waals surface area contributed by atoms with Crippen molar-refractivity contribution >= 4 is 5.91 Å². The number of nitrogens with zero attached hydrogens (tertiary/aromatic N) is 2. The molecule has 0 aromatic rings. The topological polar surface area (TPSA) is 23.6 Å². The van der Waals surface area contributed by atoms with Gasteiger partial charge < -0.3 is 4.90 Å². The number of hydrogen-bond acceptors (Lipinski definition) is 2. The molecule has 2 aliphatic rings. The van der Waals surface area contributed by atoms with Crippen LogP contribution in [-0.2, 0) is 4.79 Å². The summed E-state index contributed by atoms with van der Waals surface area (Å²) >= 11 is 0. The number of carbonyl (C=O) groups is 1. The molecule has 2 heterocycles. The van der Waals surface area contributed by atoms with Gasteiger partial charge in [0.2, 0.25) is 5.91 Å². The Bertz CT molecular complexity index is 216. The first-order valence-electron chi connectivity index (χ1n) is 6.26. The van der Waals surface area contributed by atoms with Crippen LogP contribution in [0.1, 0.15) is 32.6 Å². The molecule has 15 heavy (non-hydrogen) atoms. The molecule has 0 aromatic heterocycles. The highest BCUT2D eigenvalue weighted by Crippen LogP contribution is 2.16. The largest absolute Gasteiger partial charge is 0.342 e. The number of amides is 1. The molecule has 0 N–H and O–H groups in total. The average molecular weight is 210 g/mol. The van der Waals surface area contributed by atoms with E-state index in [-0.39, 0.29) is 0 Å². The minimum atomic E-state index is 0.351. The van der Waals surface area contributed by atoms with Crippen molar-refractivity contribution < 1.29 is 4.79 Å². The number of carbonyl (C=O) groups excluding carboxylic acids is 1. The molecular formula is C12H22N2O. The highest BCUT2D eigenvalue weighted by atomic mass is 16.2. The Kier molecular flexibility index (Phi) is 3.62. The summed E-state index contributed by atoms with van der Waals surface area (Å²) in [6.45, 7) is 7.14. The van der Waals surface area contributed by atoms with Crippen LogP contribution >= 0.6 is 0 Å². The molecule has 3 heteroatoms. The predicted octanol–water partition coefficient (Wildman–Crippen LogP) is 1.34. The summed E-state index contributed by atoms with van der Waals surface area (Å²) in [5.74, 6) is 1.16. The number of likely N-dealkylation sites (tertiary alicyclic amines) is 2. The lowest BCUT2D eigenvalue weighted by atomic mass is 9.99. The van der Waals surface area contributed by atoms with Gasteiger partial charge in [-0.2, -0.15) is 0 Å². The molecule has 2 saturated heterocycles. The van der Waals surface area contributed by atoms with E-state index in [9.17, 15) is 4.79 Å². The molecule has 2 fully saturated rings. The maximum Gasteiger partial charge on any atom is 0.236 e. The highest BCUT2D eigenvalue weighted by molar-refractivity contribution is 5.78. The van der Waals surface area contributed by atoms with Gasteiger partial charge in [0.05, 0.1) is 6.54 Å². The van der Waals surface area contributed by atoms with E-state index in [0.29, 0.717) is 12.5 Å². The molecule has 86 valence electrons. The van der Waals surface area contributed by atoms with E-state index in [1.54, 1.807) is 0 Å². The van der Waals surface area contributed by atoms with Crippen molar-refractivity contribution in [3.63, 3.8) is 0 Å². The summed E-state index contributed by atoms with van der Waals surface area (Å²) in [4.78, 5) is 16.3. The number of hydrogen-bond donors (Lipinski definition) is 0. The zero-order chi connectivity index (χ0) is 10.7. The number of rotatable bonds is 2. The van der Waals surface area contributed by atoms with Gasteiger partial charge in [0, 0.05) is 13.1 Å². The first-order valence-corrected chi connectivity index (χ1v) is 6.26. The van der Waals surface area contributed by atoms with Gasteiger partial charge in [-0.05, 0) is 44.7 Å². The second kappa shape index (κ2) is 4.97. The molecule has 0 spiro atoms. The Labute approximate surface area is 92.4 Å². The summed E-state index contributed by atoms with van der Waals surface area (Å²) in [7, 11) is 0. The van der Waals surface area contributed by atoms with Gasteiger partial charge in [0.1, 0.15) is 0 Å². The van der Waals surface area contributed by atoms with Crippen molar-refractivity contribution in [1.82, 2.24) is 9.80 Å². The SMILES string of the molecule is CC1CCN(C(=O)CN2CCCC2)CC1. The molecule has 0 aliphatic carbocycles. The third-order valence-corrected chi connectivity index (χ3v) is 3.69. The Morgan fingerprint density at radius 1 is 1.13 bits per heavy atom. The van der Waals surface area contributed by atoms with E-state index in [2.05, 4.69) is 16.7 Å². The van der Waals surface area contributed by atoms with Crippen LogP contribution in [0, 0.1) is 5.92 Å². The number of piperidine rings is 1. The van der Waals surface area contributed by atoms with Gasteiger partial charge in [-0.1, -0.05) is 6.92 Å². The summed E-state index contributed by atoms with van der Waals surface area (Å²) in [5, 5.41) is 0. The third-order valence-electron chi connectivity index (χ3n) is 3.69. The maximum atomic E-state index is 11.9. The summed E-state index contributed by atoms with van der Waals surface area (Å²) < 4.78 is 0. The van der Waals surface area contributed by atoms with Crippen LogP contribution in [-0.4, -0.2) is 48.4 Å². The quantitative estimate of drug-likeness (QED) is 0.686. The minimum Gasteiger partial charge on any atom is -0.342 e. The van der Waals surface area contributed by atoms with E-state index >= 15 is 0 Å². The standard InChI is InChI=1S/C12H22N2O/c1-11-4-8-14(9-5-11)12(15)10-13-6-2-3-7-13/h11H,2-10H2,1H3. The lowest BCUT2D eigenvalue weighted by Gasteiger charge is -2.31. The molecule has 2 rings (SSSR count). The van der Waals surface area contributed by atoms with Crippen LogP contribution in [0.15, 0.2) is 0 Å². The van der Waals surface area contributed by atoms with Gasteiger partial charge in [-0.15, -0.1) is 0 Å². The van der Waals surface area contributed by atoms with E-state index in [1.807, 2.05) is 0 Å². The third kappa shape index (κ3) is 2.94. The monoisotopic (exact) mass is 210 g/mol. The van der Waals surface area contributed by atoms with Crippen LogP contribution < -0.4 is 0 Å². The Morgan fingerprint density at radius 3 is 2.33 bits per heavy atom. The van der Waals surface area contributed by atoms with Crippen molar-refractivity contribution in [2.24, 2.45) is 5.92 Å². The van der Waals surface area contributed by atoms with E-state index in [0.717, 1.165) is 32.1 Å². The Hall–Kier alpha value is -0.570. The van der Waals surface area contributed by atoms with Crippen molar-refractivity contribution in [3.8, 4) is 0 Å². The zero-order valence-electron chi connectivity index (χ0n) is 9.74. The smallest absolute Gasteiger partial charge is 0.236 e. The summed E-state index contributed by atoms with van der Waals surface area (Å²) in [6.07, 6.45) is 4.91. The fraction of sp³-hybridized carbons (Fsp3) is 0.917. The summed E-state index contributed by atoms with van der Waals surface area (Å²) in [5.41, 5.74) is 0. The van der Waals surface area contributed by atoms with Gasteiger partial charge in [-0.3, -0.25) is 9.69 Å². The first-order chi connectivity index (χ1) is 7.25. The minimum absolute atomic E-state index is 0.351. The fourth-order valence-electron chi connectivity index (χ4n) is 2.49. The predicted molar refractivity (Wildman–Crippen MR) is 60.7 cm³/mol. The van der Waals surface area contributed by atoms with Crippen LogP contribution in [0.25, 0.3) is 0 Å². The van der Waals surface area contributed by atoms with E-state index in [1.165, 1.54) is 25.7 Å². The molecule has 2 aliphatic heterocycles. The van der Waals surface area contributed by atoms with Gasteiger partial charge in [0.15, 0.2) is 0 Å². The average Bonchev–Trinajstić information content (AvgIpc) is 2.71. The lowest BCUT2D eigenvalue weighted by Crippen LogP contribution is -2.43. The molecule has 0 aromatic carbocycles. The molecule has 0 unspecified atom stereocenters. The second-order valence-electron chi connectivity index (χ2n) is 5.05. The molecule has 3 nitrogen and oxygen atoms in total. The fourth-order valence-corrected chi connectivity index (χ4v) is 2.49. The second-order valence-corrected chi connectivity index (χ2v) is 5.05. The first kappa shape index (κ1) is 10.9. The van der Waals surface area contributed by atoms with E-state index < -0.39 is 0 Å². The normalized spacial score (nSPS) is 24.7. The van der Waals surface area contributed by atoms with Crippen LogP contribution in [0.5, 0.6) is 0 Å². The molecule has 0 saturated carbocycles. The Morgan fingerprint density at radius 2 is 1.73 bits per heavy atom. The summed E-state index contributed by atoms with van der Waals surface area (Å²) in [6, 6.07) is 0. The van der Waals surface area contributed by atoms with Crippen LogP contribution in [0.2, 0.25) is 0 Å². The highest BCUT2D eigenvalue weighted by Gasteiger charge is 2.22. The van der Waals surface area contributed by atoms with Gasteiger partial charge in [0.25, 0.3) is 0 Å². The van der Waals surface area contributed by atoms with Crippen LogP contribution in [0.4, 0.5) is 0 Å². The molecule has 1 amide bonds. The van der Waals surface area contributed by atoms with Crippen molar-refractivity contribution in [1.29, 1.82) is 0 Å². The molecule has 0 bridgehead atoms.